The predicted molar refractivity (Wildman–Crippen MR) is 90.2 cm³/mol. The standard InChI is InChI=1S/C17H21ClN4O/c1-11-8-9-14(10-15(11)18)22-20-12(2)16(21-22)17(23)19-13-6-4-3-5-7-13/h8-10,13H,3-7H2,1-2H3,(H,19,23). The summed E-state index contributed by atoms with van der Waals surface area (Å²) in [5.74, 6) is -0.140. The molecule has 6 heteroatoms. The van der Waals surface area contributed by atoms with Crippen molar-refractivity contribution in [3.63, 3.8) is 0 Å². The average Bonchev–Trinajstić information content (AvgIpc) is 2.93. The topological polar surface area (TPSA) is 59.8 Å². The van der Waals surface area contributed by atoms with E-state index < -0.39 is 0 Å². The maximum Gasteiger partial charge on any atom is 0.273 e. The fourth-order valence-corrected chi connectivity index (χ4v) is 3.09. The van der Waals surface area contributed by atoms with Crippen molar-refractivity contribution in [1.82, 2.24) is 20.3 Å². The first-order chi connectivity index (χ1) is 11.0. The number of hydrogen-bond acceptors (Lipinski definition) is 3. The highest BCUT2D eigenvalue weighted by atomic mass is 35.5. The number of benzene rings is 1. The van der Waals surface area contributed by atoms with E-state index in [4.69, 9.17) is 11.6 Å². The minimum Gasteiger partial charge on any atom is -0.348 e. The van der Waals surface area contributed by atoms with E-state index in [-0.39, 0.29) is 11.9 Å². The number of rotatable bonds is 3. The molecule has 0 unspecified atom stereocenters. The van der Waals surface area contributed by atoms with Crippen LogP contribution in [0.1, 0.15) is 53.8 Å². The fraction of sp³-hybridized carbons (Fsp3) is 0.471. The third-order valence-electron chi connectivity index (χ3n) is 4.32. The van der Waals surface area contributed by atoms with E-state index in [1.807, 2.05) is 19.1 Å². The summed E-state index contributed by atoms with van der Waals surface area (Å²) in [5, 5.41) is 12.4. The van der Waals surface area contributed by atoms with E-state index in [0.717, 1.165) is 24.1 Å². The minimum absolute atomic E-state index is 0.140. The molecule has 0 atom stereocenters. The highest BCUT2D eigenvalue weighted by Crippen LogP contribution is 2.20. The van der Waals surface area contributed by atoms with Gasteiger partial charge in [-0.05, 0) is 44.4 Å². The molecule has 1 N–H and O–H groups in total. The van der Waals surface area contributed by atoms with Crippen LogP contribution < -0.4 is 5.32 Å². The number of nitrogens with one attached hydrogen (secondary N) is 1. The number of amides is 1. The molecule has 5 nitrogen and oxygen atoms in total. The van der Waals surface area contributed by atoms with Crippen molar-refractivity contribution in [2.24, 2.45) is 0 Å². The van der Waals surface area contributed by atoms with Gasteiger partial charge in [0.1, 0.15) is 0 Å². The molecule has 0 radical (unpaired) electrons. The molecule has 0 spiro atoms. The molecule has 1 amide bonds. The molecule has 1 heterocycles. The SMILES string of the molecule is Cc1ccc(-n2nc(C)c(C(=O)NC3CCCCC3)n2)cc1Cl. The highest BCUT2D eigenvalue weighted by Gasteiger charge is 2.21. The van der Waals surface area contributed by atoms with E-state index in [2.05, 4.69) is 15.5 Å². The quantitative estimate of drug-likeness (QED) is 0.934. The average molecular weight is 333 g/mol. The number of carbonyl (C=O) groups is 1. The Morgan fingerprint density at radius 3 is 2.65 bits per heavy atom. The van der Waals surface area contributed by atoms with Gasteiger partial charge in [-0.2, -0.15) is 9.90 Å². The van der Waals surface area contributed by atoms with Crippen LogP contribution >= 0.6 is 11.6 Å². The molecule has 0 bridgehead atoms. The van der Waals surface area contributed by atoms with Gasteiger partial charge >= 0.3 is 0 Å². The summed E-state index contributed by atoms with van der Waals surface area (Å²) in [6.07, 6.45) is 5.71. The van der Waals surface area contributed by atoms with Crippen molar-refractivity contribution in [2.45, 2.75) is 52.0 Å². The third-order valence-corrected chi connectivity index (χ3v) is 4.73. The van der Waals surface area contributed by atoms with Crippen LogP contribution in [-0.2, 0) is 0 Å². The Labute approximate surface area is 141 Å². The van der Waals surface area contributed by atoms with Gasteiger partial charge in [0, 0.05) is 11.1 Å². The lowest BCUT2D eigenvalue weighted by Gasteiger charge is -2.22. The van der Waals surface area contributed by atoms with Crippen molar-refractivity contribution in [1.29, 1.82) is 0 Å². The second kappa shape index (κ2) is 6.71. The molecule has 3 rings (SSSR count). The van der Waals surface area contributed by atoms with E-state index in [0.29, 0.717) is 16.4 Å². The van der Waals surface area contributed by atoms with Crippen molar-refractivity contribution in [3.05, 3.63) is 40.2 Å². The highest BCUT2D eigenvalue weighted by molar-refractivity contribution is 6.31. The van der Waals surface area contributed by atoms with Crippen LogP contribution in [0, 0.1) is 13.8 Å². The largest absolute Gasteiger partial charge is 0.348 e. The molecule has 2 aromatic rings. The lowest BCUT2D eigenvalue weighted by molar-refractivity contribution is 0.0921. The summed E-state index contributed by atoms with van der Waals surface area (Å²) in [5.41, 5.74) is 2.75. The van der Waals surface area contributed by atoms with E-state index in [1.165, 1.54) is 24.1 Å². The van der Waals surface area contributed by atoms with Crippen LogP contribution in [0.5, 0.6) is 0 Å². The molecular formula is C17H21ClN4O. The number of halogens is 1. The van der Waals surface area contributed by atoms with Gasteiger partial charge in [0.2, 0.25) is 0 Å². The molecule has 1 aromatic carbocycles. The Balaban J connectivity index is 1.79. The summed E-state index contributed by atoms with van der Waals surface area (Å²) >= 11 is 6.15. The fourth-order valence-electron chi connectivity index (χ4n) is 2.91. The van der Waals surface area contributed by atoms with Crippen LogP contribution in [0.15, 0.2) is 18.2 Å². The Morgan fingerprint density at radius 2 is 1.96 bits per heavy atom. The molecule has 1 aliphatic rings. The molecule has 1 saturated carbocycles. The second-order valence-corrected chi connectivity index (χ2v) is 6.57. The first kappa shape index (κ1) is 16.0. The van der Waals surface area contributed by atoms with Crippen molar-refractivity contribution in [2.75, 3.05) is 0 Å². The van der Waals surface area contributed by atoms with Gasteiger partial charge in [-0.1, -0.05) is 36.9 Å². The van der Waals surface area contributed by atoms with Crippen LogP contribution in [-0.4, -0.2) is 26.9 Å². The first-order valence-corrected chi connectivity index (χ1v) is 8.44. The van der Waals surface area contributed by atoms with E-state index in [9.17, 15) is 4.79 Å². The zero-order chi connectivity index (χ0) is 16.4. The van der Waals surface area contributed by atoms with Gasteiger partial charge in [-0.15, -0.1) is 5.10 Å². The smallest absolute Gasteiger partial charge is 0.273 e. The van der Waals surface area contributed by atoms with Crippen LogP contribution in [0.25, 0.3) is 5.69 Å². The van der Waals surface area contributed by atoms with Gasteiger partial charge in [0.25, 0.3) is 5.91 Å². The Hall–Kier alpha value is -1.88. The molecular weight excluding hydrogens is 312 g/mol. The summed E-state index contributed by atoms with van der Waals surface area (Å²) in [6.45, 7) is 3.74. The van der Waals surface area contributed by atoms with Crippen LogP contribution in [0.4, 0.5) is 0 Å². The lowest BCUT2D eigenvalue weighted by Crippen LogP contribution is -2.36. The monoisotopic (exact) mass is 332 g/mol. The zero-order valence-electron chi connectivity index (χ0n) is 13.5. The van der Waals surface area contributed by atoms with Crippen molar-refractivity contribution >= 4 is 17.5 Å². The Morgan fingerprint density at radius 1 is 1.22 bits per heavy atom. The molecule has 1 aliphatic carbocycles. The van der Waals surface area contributed by atoms with Gasteiger partial charge in [0.15, 0.2) is 5.69 Å². The lowest BCUT2D eigenvalue weighted by atomic mass is 9.95. The van der Waals surface area contributed by atoms with Crippen LogP contribution in [0.3, 0.4) is 0 Å². The summed E-state index contributed by atoms with van der Waals surface area (Å²) in [6, 6.07) is 5.87. The summed E-state index contributed by atoms with van der Waals surface area (Å²) in [4.78, 5) is 13.9. The number of aromatic nitrogens is 3. The van der Waals surface area contributed by atoms with Crippen molar-refractivity contribution < 1.29 is 4.79 Å². The van der Waals surface area contributed by atoms with E-state index in [1.54, 1.807) is 13.0 Å². The Kier molecular flexibility index (Phi) is 4.66. The Bertz CT molecular complexity index is 719. The van der Waals surface area contributed by atoms with Gasteiger partial charge in [-0.3, -0.25) is 4.79 Å². The number of nitrogens with zero attached hydrogens (tertiary/aromatic N) is 3. The maximum atomic E-state index is 12.4. The second-order valence-electron chi connectivity index (χ2n) is 6.17. The maximum absolute atomic E-state index is 12.4. The van der Waals surface area contributed by atoms with E-state index >= 15 is 0 Å². The number of carbonyl (C=O) groups excluding carboxylic acids is 1. The number of hydrogen-bond donors (Lipinski definition) is 1. The number of aryl methyl sites for hydroxylation is 2. The minimum atomic E-state index is -0.140. The molecule has 1 aromatic heterocycles. The van der Waals surface area contributed by atoms with Gasteiger partial charge in [0.05, 0.1) is 11.4 Å². The summed E-state index contributed by atoms with van der Waals surface area (Å²) < 4.78 is 0. The zero-order valence-corrected chi connectivity index (χ0v) is 14.2. The van der Waals surface area contributed by atoms with Gasteiger partial charge in [-0.25, -0.2) is 0 Å². The normalized spacial score (nSPS) is 15.6. The molecule has 122 valence electrons. The van der Waals surface area contributed by atoms with Gasteiger partial charge < -0.3 is 5.32 Å². The molecule has 0 aliphatic heterocycles. The molecule has 0 saturated heterocycles. The van der Waals surface area contributed by atoms with Crippen molar-refractivity contribution in [3.8, 4) is 5.69 Å². The predicted octanol–water partition coefficient (Wildman–Crippen LogP) is 3.60. The first-order valence-electron chi connectivity index (χ1n) is 8.06. The molecule has 1 fully saturated rings. The molecule has 23 heavy (non-hydrogen) atoms. The third kappa shape index (κ3) is 3.55. The van der Waals surface area contributed by atoms with Crippen LogP contribution in [0.2, 0.25) is 5.02 Å². The summed E-state index contributed by atoms with van der Waals surface area (Å²) in [7, 11) is 0.